The van der Waals surface area contributed by atoms with Crippen molar-refractivity contribution >= 4 is 50.9 Å². The number of nitro benzene ring substituents is 1. The highest BCUT2D eigenvalue weighted by Gasteiger charge is 2.17. The Morgan fingerprint density at radius 1 is 1.03 bits per heavy atom. The van der Waals surface area contributed by atoms with E-state index in [2.05, 4.69) is 46.0 Å². The highest BCUT2D eigenvalue weighted by atomic mass is 32.1. The lowest BCUT2D eigenvalue weighted by atomic mass is 10.1. The molecule has 0 bridgehead atoms. The van der Waals surface area contributed by atoms with Crippen LogP contribution < -0.4 is 10.6 Å². The molecule has 35 heavy (non-hydrogen) atoms. The Bertz CT molecular complexity index is 1370. The Balaban J connectivity index is 1.39. The fraction of sp³-hybridized carbons (Fsp3) is 0.231. The van der Waals surface area contributed by atoms with Gasteiger partial charge in [0.2, 0.25) is 0 Å². The summed E-state index contributed by atoms with van der Waals surface area (Å²) in [5.74, 6) is 1.06. The van der Waals surface area contributed by atoms with Gasteiger partial charge in [-0.2, -0.15) is 0 Å². The molecule has 1 aliphatic heterocycles. The summed E-state index contributed by atoms with van der Waals surface area (Å²) in [6, 6.07) is 14.8. The average molecular weight is 487 g/mol. The van der Waals surface area contributed by atoms with E-state index >= 15 is 0 Å². The van der Waals surface area contributed by atoms with Gasteiger partial charge in [0.25, 0.3) is 5.69 Å². The predicted molar refractivity (Wildman–Crippen MR) is 144 cm³/mol. The lowest BCUT2D eigenvalue weighted by molar-refractivity contribution is -0.384. The molecule has 3 heterocycles. The van der Waals surface area contributed by atoms with Crippen molar-refractivity contribution in [3.63, 3.8) is 0 Å². The maximum absolute atomic E-state index is 10.9. The van der Waals surface area contributed by atoms with E-state index in [1.54, 1.807) is 12.1 Å². The van der Waals surface area contributed by atoms with E-state index in [-0.39, 0.29) is 5.69 Å². The van der Waals surface area contributed by atoms with Gasteiger partial charge in [-0.3, -0.25) is 10.1 Å². The molecule has 2 aromatic carbocycles. The third-order valence-corrected chi connectivity index (χ3v) is 7.35. The number of anilines is 2. The molecule has 178 valence electrons. The maximum Gasteiger partial charge on any atom is 0.269 e. The van der Waals surface area contributed by atoms with Crippen LogP contribution in [-0.2, 0) is 0 Å². The topological polar surface area (TPSA) is 101 Å². The number of non-ortho nitro benzene ring substituents is 1. The summed E-state index contributed by atoms with van der Waals surface area (Å²) < 4.78 is 0.850. The normalized spacial score (nSPS) is 14.7. The molecule has 0 aliphatic carbocycles. The number of hydrogen-bond donors (Lipinski definition) is 1. The van der Waals surface area contributed by atoms with Crippen LogP contribution in [-0.4, -0.2) is 52.5 Å². The molecule has 0 saturated carbocycles. The Morgan fingerprint density at radius 2 is 1.74 bits per heavy atom. The molecule has 0 spiro atoms. The number of nitrogens with zero attached hydrogens (tertiary/aromatic N) is 5. The van der Waals surface area contributed by atoms with E-state index in [1.165, 1.54) is 29.2 Å². The zero-order chi connectivity index (χ0) is 24.4. The lowest BCUT2D eigenvalue weighted by Gasteiger charge is -2.35. The average Bonchev–Trinajstić information content (AvgIpc) is 3.31. The third-order valence-electron chi connectivity index (χ3n) is 6.34. The number of nitro groups is 1. The Hall–Kier alpha value is -3.82. The second-order valence-corrected chi connectivity index (χ2v) is 9.33. The number of benzene rings is 2. The SMILES string of the molecule is CCN1CCN(c2ccc(-c3nc(N)c4scc(C=Cc5ccc([N+](=O)[O-])cc5)c4n3)cc2)CC1. The summed E-state index contributed by atoms with van der Waals surface area (Å²) in [6.45, 7) is 7.54. The van der Waals surface area contributed by atoms with E-state index < -0.39 is 4.92 Å². The molecule has 0 atom stereocenters. The zero-order valence-electron chi connectivity index (χ0n) is 19.4. The summed E-state index contributed by atoms with van der Waals surface area (Å²) in [5.41, 5.74) is 11.1. The van der Waals surface area contributed by atoms with Crippen LogP contribution in [0.1, 0.15) is 18.1 Å². The molecule has 9 heteroatoms. The van der Waals surface area contributed by atoms with E-state index in [4.69, 9.17) is 10.7 Å². The summed E-state index contributed by atoms with van der Waals surface area (Å²) in [5, 5.41) is 12.9. The number of nitrogen functional groups attached to an aromatic ring is 1. The van der Waals surface area contributed by atoms with Crippen LogP contribution in [0, 0.1) is 10.1 Å². The van der Waals surface area contributed by atoms with Crippen molar-refractivity contribution in [3.05, 3.63) is 75.2 Å². The molecule has 2 aromatic heterocycles. The van der Waals surface area contributed by atoms with Crippen molar-refractivity contribution in [2.75, 3.05) is 43.4 Å². The minimum atomic E-state index is -0.403. The van der Waals surface area contributed by atoms with Crippen LogP contribution in [0.4, 0.5) is 17.2 Å². The second-order valence-electron chi connectivity index (χ2n) is 8.45. The first-order chi connectivity index (χ1) is 17.0. The number of nitrogens with two attached hydrogens (primary N) is 1. The number of hydrogen-bond acceptors (Lipinski definition) is 8. The smallest absolute Gasteiger partial charge is 0.269 e. The van der Waals surface area contributed by atoms with Crippen LogP contribution >= 0.6 is 11.3 Å². The van der Waals surface area contributed by atoms with E-state index in [9.17, 15) is 10.1 Å². The van der Waals surface area contributed by atoms with E-state index in [0.717, 1.165) is 59.6 Å². The van der Waals surface area contributed by atoms with Gasteiger partial charge in [-0.05, 0) is 48.5 Å². The van der Waals surface area contributed by atoms with Crippen molar-refractivity contribution in [3.8, 4) is 11.4 Å². The highest BCUT2D eigenvalue weighted by molar-refractivity contribution is 7.18. The molecule has 2 N–H and O–H groups in total. The van der Waals surface area contributed by atoms with Gasteiger partial charge < -0.3 is 15.5 Å². The number of thiophene rings is 1. The van der Waals surface area contributed by atoms with Crippen molar-refractivity contribution in [1.82, 2.24) is 14.9 Å². The zero-order valence-corrected chi connectivity index (χ0v) is 20.2. The van der Waals surface area contributed by atoms with Crippen LogP contribution in [0.15, 0.2) is 53.9 Å². The van der Waals surface area contributed by atoms with Crippen molar-refractivity contribution < 1.29 is 4.92 Å². The molecule has 0 amide bonds. The van der Waals surface area contributed by atoms with Crippen LogP contribution in [0.3, 0.4) is 0 Å². The number of fused-ring (bicyclic) bond motifs is 1. The van der Waals surface area contributed by atoms with Gasteiger partial charge in [0.1, 0.15) is 5.82 Å². The quantitative estimate of drug-likeness (QED) is 0.297. The Morgan fingerprint density at radius 3 is 2.40 bits per heavy atom. The molecule has 0 radical (unpaired) electrons. The molecule has 1 aliphatic rings. The molecule has 1 fully saturated rings. The van der Waals surface area contributed by atoms with Crippen molar-refractivity contribution in [1.29, 1.82) is 0 Å². The van der Waals surface area contributed by atoms with Gasteiger partial charge in [0.15, 0.2) is 5.82 Å². The van der Waals surface area contributed by atoms with Crippen LogP contribution in [0.2, 0.25) is 0 Å². The van der Waals surface area contributed by atoms with Crippen molar-refractivity contribution in [2.24, 2.45) is 0 Å². The number of aromatic nitrogens is 2. The Kier molecular flexibility index (Phi) is 6.43. The van der Waals surface area contributed by atoms with E-state index in [1.807, 2.05) is 17.5 Å². The van der Waals surface area contributed by atoms with Gasteiger partial charge >= 0.3 is 0 Å². The van der Waals surface area contributed by atoms with E-state index in [0.29, 0.717) is 11.6 Å². The maximum atomic E-state index is 10.9. The molecular weight excluding hydrogens is 460 g/mol. The summed E-state index contributed by atoms with van der Waals surface area (Å²) in [7, 11) is 0. The molecular formula is C26H26N6O2S. The van der Waals surface area contributed by atoms with Crippen molar-refractivity contribution in [2.45, 2.75) is 6.92 Å². The van der Waals surface area contributed by atoms with Gasteiger partial charge in [-0.1, -0.05) is 19.1 Å². The minimum Gasteiger partial charge on any atom is -0.382 e. The fourth-order valence-electron chi connectivity index (χ4n) is 4.24. The summed E-state index contributed by atoms with van der Waals surface area (Å²) >= 11 is 1.51. The summed E-state index contributed by atoms with van der Waals surface area (Å²) in [4.78, 5) is 24.7. The number of rotatable bonds is 6. The van der Waals surface area contributed by atoms with Crippen LogP contribution in [0.25, 0.3) is 33.8 Å². The second kappa shape index (κ2) is 9.81. The van der Waals surface area contributed by atoms with Gasteiger partial charge in [0.05, 0.1) is 15.1 Å². The van der Waals surface area contributed by atoms with Gasteiger partial charge in [-0.15, -0.1) is 11.3 Å². The third kappa shape index (κ3) is 4.87. The molecule has 4 aromatic rings. The predicted octanol–water partition coefficient (Wildman–Crippen LogP) is 5.16. The standard InChI is InChI=1S/C26H26N6O2S/c1-2-30-13-15-31(16-14-30)21-11-7-19(8-12-21)26-28-23-20(17-35-24(23)25(27)29-26)6-3-18-4-9-22(10-5-18)32(33)34/h3-12,17H,2,13-16H2,1H3,(H2,27,28,29). The molecule has 8 nitrogen and oxygen atoms in total. The fourth-order valence-corrected chi connectivity index (χ4v) is 5.12. The number of likely N-dealkylation sites (N-methyl/N-ethyl adjacent to an activating group) is 1. The lowest BCUT2D eigenvalue weighted by Crippen LogP contribution is -2.46. The molecule has 0 unspecified atom stereocenters. The first-order valence-electron chi connectivity index (χ1n) is 11.6. The molecule has 5 rings (SSSR count). The van der Waals surface area contributed by atoms with Gasteiger partial charge in [0, 0.05) is 60.5 Å². The first-order valence-corrected chi connectivity index (χ1v) is 12.4. The van der Waals surface area contributed by atoms with Crippen LogP contribution in [0.5, 0.6) is 0 Å². The monoisotopic (exact) mass is 486 g/mol. The largest absolute Gasteiger partial charge is 0.382 e. The summed E-state index contributed by atoms with van der Waals surface area (Å²) in [6.07, 6.45) is 3.87. The number of piperazine rings is 1. The Labute approximate surface area is 207 Å². The minimum absolute atomic E-state index is 0.0718. The van der Waals surface area contributed by atoms with Gasteiger partial charge in [-0.25, -0.2) is 9.97 Å². The first kappa shape index (κ1) is 22.9. The highest BCUT2D eigenvalue weighted by Crippen LogP contribution is 2.32. The molecule has 1 saturated heterocycles.